The Balaban J connectivity index is 1.91. The number of hydrogen-bond acceptors (Lipinski definition) is 3. The summed E-state index contributed by atoms with van der Waals surface area (Å²) in [6.45, 7) is 0. The fraction of sp³-hybridized carbons (Fsp3) is 0. The molecule has 4 nitrogen and oxygen atoms in total. The molecular weight excluding hydrogens is 309 g/mol. The van der Waals surface area contributed by atoms with Crippen LogP contribution in [0, 0.1) is 17.5 Å². The van der Waals surface area contributed by atoms with Gasteiger partial charge in [0.25, 0.3) is 5.91 Å². The van der Waals surface area contributed by atoms with Crippen molar-refractivity contribution in [3.63, 3.8) is 0 Å². The number of carbonyl (C=O) groups excluding carboxylic acids is 1. The van der Waals surface area contributed by atoms with Crippen molar-refractivity contribution in [2.45, 2.75) is 0 Å². The SMILES string of the molecule is O=C(Nc1ccc(F)c(F)c1F)c1ncoc1-c1ccccc1. The molecule has 0 aliphatic heterocycles. The maximum absolute atomic E-state index is 13.6. The summed E-state index contributed by atoms with van der Waals surface area (Å²) < 4.78 is 44.9. The summed E-state index contributed by atoms with van der Waals surface area (Å²) in [6, 6.07) is 10.3. The first-order valence-electron chi connectivity index (χ1n) is 6.51. The average Bonchev–Trinajstić information content (AvgIpc) is 3.06. The standard InChI is InChI=1S/C16H9F3N2O2/c17-10-6-7-11(13(19)12(10)18)21-16(22)14-15(23-8-20-14)9-4-2-1-3-5-9/h1-8H,(H,21,22). The number of anilines is 1. The highest BCUT2D eigenvalue weighted by molar-refractivity contribution is 6.06. The van der Waals surface area contributed by atoms with E-state index in [1.807, 2.05) is 0 Å². The number of nitrogens with zero attached hydrogens (tertiary/aromatic N) is 1. The summed E-state index contributed by atoms with van der Waals surface area (Å²) in [6.07, 6.45) is 1.07. The van der Waals surface area contributed by atoms with Crippen LogP contribution in [-0.4, -0.2) is 10.9 Å². The highest BCUT2D eigenvalue weighted by Crippen LogP contribution is 2.25. The topological polar surface area (TPSA) is 55.1 Å². The van der Waals surface area contributed by atoms with Crippen molar-refractivity contribution < 1.29 is 22.4 Å². The van der Waals surface area contributed by atoms with Gasteiger partial charge in [-0.05, 0) is 12.1 Å². The van der Waals surface area contributed by atoms with Crippen molar-refractivity contribution in [3.05, 3.63) is 72.0 Å². The molecular formula is C16H9F3N2O2. The Bertz CT molecular complexity index is 863. The van der Waals surface area contributed by atoms with Crippen molar-refractivity contribution in [1.29, 1.82) is 0 Å². The van der Waals surface area contributed by atoms with Gasteiger partial charge in [-0.15, -0.1) is 0 Å². The minimum absolute atomic E-state index is 0.0969. The Morgan fingerprint density at radius 2 is 1.74 bits per heavy atom. The third-order valence-electron chi connectivity index (χ3n) is 3.10. The number of hydrogen-bond donors (Lipinski definition) is 1. The fourth-order valence-corrected chi connectivity index (χ4v) is 2.01. The van der Waals surface area contributed by atoms with Crippen LogP contribution in [0.5, 0.6) is 0 Å². The number of amides is 1. The van der Waals surface area contributed by atoms with Crippen LogP contribution in [-0.2, 0) is 0 Å². The zero-order valence-electron chi connectivity index (χ0n) is 11.5. The molecule has 0 fully saturated rings. The second-order valence-corrected chi connectivity index (χ2v) is 4.57. The molecule has 7 heteroatoms. The molecule has 116 valence electrons. The summed E-state index contributed by atoms with van der Waals surface area (Å²) in [5.74, 6) is -5.10. The van der Waals surface area contributed by atoms with E-state index in [0.717, 1.165) is 18.5 Å². The molecule has 1 N–H and O–H groups in total. The van der Waals surface area contributed by atoms with E-state index in [1.165, 1.54) is 0 Å². The van der Waals surface area contributed by atoms with Crippen molar-refractivity contribution in [1.82, 2.24) is 4.98 Å². The lowest BCUT2D eigenvalue weighted by Crippen LogP contribution is -2.15. The summed E-state index contributed by atoms with van der Waals surface area (Å²) in [5, 5.41) is 2.15. The van der Waals surface area contributed by atoms with Crippen LogP contribution in [0.3, 0.4) is 0 Å². The molecule has 1 amide bonds. The Labute approximate surface area is 128 Å². The second-order valence-electron chi connectivity index (χ2n) is 4.57. The number of oxazole rings is 1. The lowest BCUT2D eigenvalue weighted by Gasteiger charge is -2.06. The van der Waals surface area contributed by atoms with E-state index < -0.39 is 29.0 Å². The molecule has 1 aromatic heterocycles. The lowest BCUT2D eigenvalue weighted by molar-refractivity contribution is 0.102. The molecule has 0 atom stereocenters. The van der Waals surface area contributed by atoms with E-state index in [1.54, 1.807) is 30.3 Å². The van der Waals surface area contributed by atoms with Crippen molar-refractivity contribution in [2.24, 2.45) is 0 Å². The minimum Gasteiger partial charge on any atom is -0.443 e. The molecule has 0 spiro atoms. The Morgan fingerprint density at radius 1 is 1.00 bits per heavy atom. The molecule has 0 saturated heterocycles. The van der Waals surface area contributed by atoms with Gasteiger partial charge < -0.3 is 9.73 Å². The molecule has 0 saturated carbocycles. The quantitative estimate of drug-likeness (QED) is 0.742. The van der Waals surface area contributed by atoms with E-state index in [0.29, 0.717) is 5.56 Å². The first-order chi connectivity index (χ1) is 11.1. The summed E-state index contributed by atoms with van der Waals surface area (Å²) >= 11 is 0. The van der Waals surface area contributed by atoms with Crippen molar-refractivity contribution >= 4 is 11.6 Å². The van der Waals surface area contributed by atoms with Crippen LogP contribution in [0.25, 0.3) is 11.3 Å². The average molecular weight is 318 g/mol. The number of rotatable bonds is 3. The number of halogens is 3. The van der Waals surface area contributed by atoms with Gasteiger partial charge in [0.2, 0.25) is 0 Å². The summed E-state index contributed by atoms with van der Waals surface area (Å²) in [7, 11) is 0. The van der Waals surface area contributed by atoms with E-state index >= 15 is 0 Å². The van der Waals surface area contributed by atoms with E-state index in [-0.39, 0.29) is 11.5 Å². The van der Waals surface area contributed by atoms with Gasteiger partial charge in [0.05, 0.1) is 5.69 Å². The zero-order valence-corrected chi connectivity index (χ0v) is 11.5. The predicted octanol–water partition coefficient (Wildman–Crippen LogP) is 4.01. The van der Waals surface area contributed by atoms with Crippen LogP contribution < -0.4 is 5.32 Å². The van der Waals surface area contributed by atoms with Crippen molar-refractivity contribution in [2.75, 3.05) is 5.32 Å². The van der Waals surface area contributed by atoms with Gasteiger partial charge in [0, 0.05) is 5.56 Å². The van der Waals surface area contributed by atoms with Crippen LogP contribution in [0.4, 0.5) is 18.9 Å². The maximum atomic E-state index is 13.6. The molecule has 0 aliphatic carbocycles. The van der Waals surface area contributed by atoms with Crippen LogP contribution >= 0.6 is 0 Å². The molecule has 3 aromatic rings. The van der Waals surface area contributed by atoms with Crippen molar-refractivity contribution in [3.8, 4) is 11.3 Å². The van der Waals surface area contributed by atoms with Crippen LogP contribution in [0.2, 0.25) is 0 Å². The summed E-state index contributed by atoms with van der Waals surface area (Å²) in [4.78, 5) is 16.0. The Morgan fingerprint density at radius 3 is 2.48 bits per heavy atom. The molecule has 3 rings (SSSR count). The highest BCUT2D eigenvalue weighted by atomic mass is 19.2. The largest absolute Gasteiger partial charge is 0.443 e. The third kappa shape index (κ3) is 2.80. The molecule has 1 heterocycles. The van der Waals surface area contributed by atoms with E-state index in [2.05, 4.69) is 10.3 Å². The van der Waals surface area contributed by atoms with Gasteiger partial charge in [0.1, 0.15) is 0 Å². The molecule has 0 bridgehead atoms. The highest BCUT2D eigenvalue weighted by Gasteiger charge is 2.21. The number of carbonyl (C=O) groups is 1. The molecule has 0 radical (unpaired) electrons. The minimum atomic E-state index is -1.66. The number of aromatic nitrogens is 1. The molecule has 0 aliphatic rings. The molecule has 0 unspecified atom stereocenters. The van der Waals surface area contributed by atoms with E-state index in [9.17, 15) is 18.0 Å². The number of nitrogens with one attached hydrogen (secondary N) is 1. The van der Waals surface area contributed by atoms with Crippen LogP contribution in [0.1, 0.15) is 10.5 Å². The fourth-order valence-electron chi connectivity index (χ4n) is 2.01. The third-order valence-corrected chi connectivity index (χ3v) is 3.10. The van der Waals surface area contributed by atoms with Gasteiger partial charge in [0.15, 0.2) is 35.3 Å². The Kier molecular flexibility index (Phi) is 3.84. The van der Waals surface area contributed by atoms with Gasteiger partial charge in [-0.25, -0.2) is 18.2 Å². The predicted molar refractivity (Wildman–Crippen MR) is 76.2 cm³/mol. The molecule has 23 heavy (non-hydrogen) atoms. The number of benzene rings is 2. The van der Waals surface area contributed by atoms with Crippen LogP contribution in [0.15, 0.2) is 53.3 Å². The monoisotopic (exact) mass is 318 g/mol. The van der Waals surface area contributed by atoms with E-state index in [4.69, 9.17) is 4.42 Å². The van der Waals surface area contributed by atoms with Gasteiger partial charge in [-0.3, -0.25) is 4.79 Å². The zero-order chi connectivity index (χ0) is 16.4. The Hall–Kier alpha value is -3.09. The maximum Gasteiger partial charge on any atom is 0.278 e. The van der Waals surface area contributed by atoms with Gasteiger partial charge >= 0.3 is 0 Å². The smallest absolute Gasteiger partial charge is 0.278 e. The normalized spacial score (nSPS) is 10.6. The second kappa shape index (κ2) is 5.96. The molecule has 2 aromatic carbocycles. The van der Waals surface area contributed by atoms with Gasteiger partial charge in [-0.2, -0.15) is 0 Å². The van der Waals surface area contributed by atoms with Gasteiger partial charge in [-0.1, -0.05) is 30.3 Å². The summed E-state index contributed by atoms with van der Waals surface area (Å²) in [5.41, 5.74) is 0.0113. The first-order valence-corrected chi connectivity index (χ1v) is 6.51. The first kappa shape index (κ1) is 14.8. The lowest BCUT2D eigenvalue weighted by atomic mass is 10.1.